The number of aliphatic hydroxyl groups excluding tert-OH is 1. The standard InChI is InChI=1S/C5H8O2S/c1-2-3-5(6)4-7-8/h1,5-6,8H,3-4H2/t5-/m1/s1. The monoisotopic (exact) mass is 132 g/mol. The Bertz CT molecular complexity index is 86.9. The predicted molar refractivity (Wildman–Crippen MR) is 34.4 cm³/mol. The summed E-state index contributed by atoms with van der Waals surface area (Å²) in [5, 5.41) is 8.73. The summed E-state index contributed by atoms with van der Waals surface area (Å²) in [6, 6.07) is 0. The van der Waals surface area contributed by atoms with Gasteiger partial charge in [-0.2, -0.15) is 0 Å². The first kappa shape index (κ1) is 7.83. The maximum absolute atomic E-state index is 8.73. The molecule has 0 amide bonds. The van der Waals surface area contributed by atoms with Crippen molar-refractivity contribution in [2.75, 3.05) is 6.61 Å². The van der Waals surface area contributed by atoms with Crippen molar-refractivity contribution < 1.29 is 9.29 Å². The Balaban J connectivity index is 3.08. The first-order chi connectivity index (χ1) is 3.81. The van der Waals surface area contributed by atoms with Gasteiger partial charge in [0.25, 0.3) is 0 Å². The SMILES string of the molecule is C#CC[C@@H](O)COS. The summed E-state index contributed by atoms with van der Waals surface area (Å²) < 4.78 is 4.31. The molecule has 0 heterocycles. The molecular weight excluding hydrogens is 124 g/mol. The number of hydrogen-bond donors (Lipinski definition) is 2. The van der Waals surface area contributed by atoms with E-state index in [1.807, 2.05) is 0 Å². The molecule has 0 aromatic carbocycles. The van der Waals surface area contributed by atoms with E-state index in [2.05, 4.69) is 23.0 Å². The lowest BCUT2D eigenvalue weighted by Gasteiger charge is -2.01. The van der Waals surface area contributed by atoms with Gasteiger partial charge in [0.1, 0.15) is 0 Å². The Morgan fingerprint density at radius 3 is 2.88 bits per heavy atom. The molecule has 0 aliphatic carbocycles. The molecule has 0 aromatic heterocycles. The molecule has 0 aliphatic rings. The van der Waals surface area contributed by atoms with Crippen LogP contribution in [-0.2, 0) is 4.18 Å². The Morgan fingerprint density at radius 2 is 2.50 bits per heavy atom. The maximum atomic E-state index is 8.73. The fourth-order valence-corrected chi connectivity index (χ4v) is 0.453. The minimum atomic E-state index is -0.572. The molecule has 1 atom stereocenters. The molecule has 1 N–H and O–H groups in total. The fourth-order valence-electron chi connectivity index (χ4n) is 0.281. The Kier molecular flexibility index (Phi) is 4.87. The molecule has 0 saturated heterocycles. The van der Waals surface area contributed by atoms with E-state index in [1.165, 1.54) is 0 Å². The van der Waals surface area contributed by atoms with Crippen molar-refractivity contribution in [1.82, 2.24) is 0 Å². The van der Waals surface area contributed by atoms with E-state index in [0.29, 0.717) is 6.42 Å². The fraction of sp³-hybridized carbons (Fsp3) is 0.600. The van der Waals surface area contributed by atoms with E-state index in [9.17, 15) is 0 Å². The minimum absolute atomic E-state index is 0.188. The minimum Gasteiger partial charge on any atom is -0.390 e. The van der Waals surface area contributed by atoms with Gasteiger partial charge in [-0.05, 0) is 12.9 Å². The molecule has 2 nitrogen and oxygen atoms in total. The first-order valence-electron chi connectivity index (χ1n) is 2.19. The summed E-state index contributed by atoms with van der Waals surface area (Å²) in [4.78, 5) is 0. The van der Waals surface area contributed by atoms with Crippen LogP contribution in [0, 0.1) is 12.3 Å². The van der Waals surface area contributed by atoms with E-state index < -0.39 is 6.10 Å². The van der Waals surface area contributed by atoms with E-state index in [0.717, 1.165) is 0 Å². The van der Waals surface area contributed by atoms with Gasteiger partial charge in [-0.15, -0.1) is 12.3 Å². The molecule has 0 spiro atoms. The molecule has 8 heavy (non-hydrogen) atoms. The predicted octanol–water partition coefficient (Wildman–Crippen LogP) is 0.232. The van der Waals surface area contributed by atoms with Gasteiger partial charge in [0.05, 0.1) is 12.7 Å². The Labute approximate surface area is 54.5 Å². The van der Waals surface area contributed by atoms with Crippen LogP contribution < -0.4 is 0 Å². The summed E-state index contributed by atoms with van der Waals surface area (Å²) in [6.07, 6.45) is 4.62. The molecule has 0 saturated carbocycles. The van der Waals surface area contributed by atoms with Gasteiger partial charge in [0.2, 0.25) is 0 Å². The lowest BCUT2D eigenvalue weighted by molar-refractivity contribution is 0.124. The number of aliphatic hydroxyl groups is 1. The van der Waals surface area contributed by atoms with E-state index in [4.69, 9.17) is 11.5 Å². The van der Waals surface area contributed by atoms with Crippen molar-refractivity contribution in [1.29, 1.82) is 0 Å². The molecule has 0 aromatic rings. The summed E-state index contributed by atoms with van der Waals surface area (Å²) in [5.41, 5.74) is 0. The van der Waals surface area contributed by atoms with Crippen LogP contribution >= 0.6 is 12.9 Å². The number of thiol groups is 1. The van der Waals surface area contributed by atoms with Crippen LogP contribution in [0.1, 0.15) is 6.42 Å². The molecule has 0 rings (SSSR count). The zero-order valence-electron chi connectivity index (χ0n) is 4.37. The van der Waals surface area contributed by atoms with Gasteiger partial charge < -0.3 is 9.29 Å². The average molecular weight is 132 g/mol. The topological polar surface area (TPSA) is 29.5 Å². The molecule has 0 bridgehead atoms. The molecular formula is C5H8O2S. The van der Waals surface area contributed by atoms with Gasteiger partial charge in [-0.1, -0.05) is 0 Å². The second kappa shape index (κ2) is 4.98. The second-order valence-corrected chi connectivity index (χ2v) is 1.62. The molecule has 0 fully saturated rings. The van der Waals surface area contributed by atoms with E-state index >= 15 is 0 Å². The summed E-state index contributed by atoms with van der Waals surface area (Å²) in [6.45, 7) is 0.188. The zero-order valence-corrected chi connectivity index (χ0v) is 5.27. The third-order valence-electron chi connectivity index (χ3n) is 0.620. The first-order valence-corrected chi connectivity index (χ1v) is 2.55. The van der Waals surface area contributed by atoms with Crippen molar-refractivity contribution in [3.8, 4) is 12.3 Å². The smallest absolute Gasteiger partial charge is 0.0895 e. The van der Waals surface area contributed by atoms with Crippen LogP contribution in [0.15, 0.2) is 0 Å². The third-order valence-corrected chi connectivity index (χ3v) is 0.769. The summed E-state index contributed by atoms with van der Waals surface area (Å²) >= 11 is 3.42. The molecule has 0 radical (unpaired) electrons. The highest BCUT2D eigenvalue weighted by atomic mass is 32.1. The van der Waals surface area contributed by atoms with Crippen LogP contribution in [-0.4, -0.2) is 17.8 Å². The van der Waals surface area contributed by atoms with Crippen molar-refractivity contribution in [3.05, 3.63) is 0 Å². The van der Waals surface area contributed by atoms with Gasteiger partial charge in [-0.3, -0.25) is 0 Å². The lowest BCUT2D eigenvalue weighted by atomic mass is 10.3. The van der Waals surface area contributed by atoms with Crippen molar-refractivity contribution >= 4 is 12.9 Å². The highest BCUT2D eigenvalue weighted by molar-refractivity contribution is 7.75. The Morgan fingerprint density at radius 1 is 1.88 bits per heavy atom. The number of hydrogen-bond acceptors (Lipinski definition) is 3. The van der Waals surface area contributed by atoms with Crippen LogP contribution in [0.5, 0.6) is 0 Å². The highest BCUT2D eigenvalue weighted by Gasteiger charge is 1.98. The quantitative estimate of drug-likeness (QED) is 0.327. The van der Waals surface area contributed by atoms with Crippen molar-refractivity contribution in [3.63, 3.8) is 0 Å². The third kappa shape index (κ3) is 4.00. The second-order valence-electron chi connectivity index (χ2n) is 1.36. The lowest BCUT2D eigenvalue weighted by Crippen LogP contribution is -2.10. The zero-order chi connectivity index (χ0) is 6.41. The molecule has 0 aliphatic heterocycles. The van der Waals surface area contributed by atoms with Gasteiger partial charge in [0.15, 0.2) is 0 Å². The van der Waals surface area contributed by atoms with Crippen molar-refractivity contribution in [2.24, 2.45) is 0 Å². The van der Waals surface area contributed by atoms with Crippen molar-refractivity contribution in [2.45, 2.75) is 12.5 Å². The Hall–Kier alpha value is -0.170. The summed E-state index contributed by atoms with van der Waals surface area (Å²) in [7, 11) is 0. The van der Waals surface area contributed by atoms with Gasteiger partial charge in [-0.25, -0.2) is 0 Å². The molecule has 0 unspecified atom stereocenters. The van der Waals surface area contributed by atoms with E-state index in [1.54, 1.807) is 0 Å². The molecule has 3 heteroatoms. The average Bonchev–Trinajstić information content (AvgIpc) is 1.68. The number of terminal acetylenes is 1. The highest BCUT2D eigenvalue weighted by Crippen LogP contribution is 1.90. The molecule has 46 valence electrons. The maximum Gasteiger partial charge on any atom is 0.0895 e. The largest absolute Gasteiger partial charge is 0.390 e. The van der Waals surface area contributed by atoms with Gasteiger partial charge >= 0.3 is 0 Å². The normalized spacial score (nSPS) is 12.6. The summed E-state index contributed by atoms with van der Waals surface area (Å²) in [5.74, 6) is 2.29. The van der Waals surface area contributed by atoms with Crippen LogP contribution in [0.2, 0.25) is 0 Å². The van der Waals surface area contributed by atoms with Crippen LogP contribution in [0.25, 0.3) is 0 Å². The van der Waals surface area contributed by atoms with E-state index in [-0.39, 0.29) is 6.61 Å². The van der Waals surface area contributed by atoms with Gasteiger partial charge in [0, 0.05) is 6.42 Å². The number of rotatable bonds is 3. The van der Waals surface area contributed by atoms with Crippen LogP contribution in [0.4, 0.5) is 0 Å². The van der Waals surface area contributed by atoms with Crippen LogP contribution in [0.3, 0.4) is 0 Å².